The Bertz CT molecular complexity index is 348. The molecule has 1 aliphatic rings. The monoisotopic (exact) mass is 195 g/mol. The van der Waals surface area contributed by atoms with E-state index in [0.717, 1.165) is 13.0 Å². The van der Waals surface area contributed by atoms with Crippen LogP contribution in [0.1, 0.15) is 31.0 Å². The minimum atomic E-state index is 0.115. The molecular formula is C9H13N3O2. The van der Waals surface area contributed by atoms with Crippen molar-refractivity contribution in [3.05, 3.63) is 11.8 Å². The highest BCUT2D eigenvalue weighted by atomic mass is 16.4. The van der Waals surface area contributed by atoms with Crippen molar-refractivity contribution < 1.29 is 9.21 Å². The molecule has 1 aromatic rings. The first kappa shape index (κ1) is 9.18. The van der Waals surface area contributed by atoms with Gasteiger partial charge < -0.3 is 9.32 Å². The second-order valence-corrected chi connectivity index (χ2v) is 3.61. The fourth-order valence-electron chi connectivity index (χ4n) is 1.72. The molecule has 1 fully saturated rings. The Labute approximate surface area is 82.1 Å². The van der Waals surface area contributed by atoms with Crippen molar-refractivity contribution in [2.24, 2.45) is 0 Å². The van der Waals surface area contributed by atoms with Gasteiger partial charge in [0.1, 0.15) is 0 Å². The number of aromatic nitrogens is 2. The molecule has 0 bridgehead atoms. The van der Waals surface area contributed by atoms with Crippen LogP contribution in [-0.2, 0) is 4.79 Å². The summed E-state index contributed by atoms with van der Waals surface area (Å²) in [5.74, 6) is 1.58. The van der Waals surface area contributed by atoms with E-state index in [2.05, 4.69) is 10.2 Å². The highest BCUT2D eigenvalue weighted by Gasteiger charge is 2.28. The lowest BCUT2D eigenvalue weighted by Gasteiger charge is -2.11. The van der Waals surface area contributed by atoms with Crippen molar-refractivity contribution in [2.75, 3.05) is 13.1 Å². The molecule has 0 unspecified atom stereocenters. The molecule has 2 rings (SSSR count). The number of hydrogen-bond donors (Lipinski definition) is 0. The molecule has 0 spiro atoms. The Balaban J connectivity index is 2.05. The van der Waals surface area contributed by atoms with Crippen LogP contribution in [0, 0.1) is 6.92 Å². The predicted molar refractivity (Wildman–Crippen MR) is 48.6 cm³/mol. The Morgan fingerprint density at radius 2 is 2.36 bits per heavy atom. The molecule has 1 saturated heterocycles. The summed E-state index contributed by atoms with van der Waals surface area (Å²) in [4.78, 5) is 12.9. The third-order valence-electron chi connectivity index (χ3n) is 2.52. The summed E-state index contributed by atoms with van der Waals surface area (Å²) in [5, 5.41) is 7.75. The third kappa shape index (κ3) is 1.62. The van der Waals surface area contributed by atoms with Crippen LogP contribution in [0.5, 0.6) is 0 Å². The fourth-order valence-corrected chi connectivity index (χ4v) is 1.72. The normalized spacial score (nSPS) is 21.6. The van der Waals surface area contributed by atoms with Crippen molar-refractivity contribution in [3.63, 3.8) is 0 Å². The average molecular weight is 195 g/mol. The van der Waals surface area contributed by atoms with Gasteiger partial charge in [-0.2, -0.15) is 0 Å². The van der Waals surface area contributed by atoms with Gasteiger partial charge in [0.05, 0.1) is 5.92 Å². The number of aryl methyl sites for hydroxylation is 1. The largest absolute Gasteiger partial charge is 0.425 e. The smallest absolute Gasteiger partial charge is 0.221 e. The average Bonchev–Trinajstić information content (AvgIpc) is 2.70. The molecule has 5 heteroatoms. The number of amides is 1. The zero-order valence-corrected chi connectivity index (χ0v) is 8.36. The van der Waals surface area contributed by atoms with Gasteiger partial charge >= 0.3 is 0 Å². The van der Waals surface area contributed by atoms with Crippen LogP contribution in [-0.4, -0.2) is 34.1 Å². The Morgan fingerprint density at radius 1 is 1.57 bits per heavy atom. The van der Waals surface area contributed by atoms with Gasteiger partial charge in [0.25, 0.3) is 0 Å². The van der Waals surface area contributed by atoms with Crippen molar-refractivity contribution in [3.8, 4) is 0 Å². The first-order valence-corrected chi connectivity index (χ1v) is 4.72. The first-order chi connectivity index (χ1) is 6.66. The van der Waals surface area contributed by atoms with Crippen molar-refractivity contribution in [1.29, 1.82) is 0 Å². The third-order valence-corrected chi connectivity index (χ3v) is 2.52. The SMILES string of the molecule is CC(=O)N1CC[C@H](c2nnc(C)o2)C1. The number of carbonyl (C=O) groups excluding carboxylic acids is 1. The Hall–Kier alpha value is -1.39. The van der Waals surface area contributed by atoms with Gasteiger partial charge in [0.15, 0.2) is 0 Å². The van der Waals surface area contributed by atoms with Gasteiger partial charge in [-0.05, 0) is 6.42 Å². The van der Waals surface area contributed by atoms with Crippen LogP contribution in [0.2, 0.25) is 0 Å². The summed E-state index contributed by atoms with van der Waals surface area (Å²) in [6.07, 6.45) is 0.918. The van der Waals surface area contributed by atoms with Gasteiger partial charge in [0.2, 0.25) is 17.7 Å². The van der Waals surface area contributed by atoms with E-state index >= 15 is 0 Å². The zero-order chi connectivity index (χ0) is 10.1. The summed E-state index contributed by atoms with van der Waals surface area (Å²) >= 11 is 0. The molecular weight excluding hydrogens is 182 g/mol. The fraction of sp³-hybridized carbons (Fsp3) is 0.667. The molecule has 0 radical (unpaired) electrons. The lowest BCUT2D eigenvalue weighted by atomic mass is 10.1. The summed E-state index contributed by atoms with van der Waals surface area (Å²) in [5.41, 5.74) is 0. The van der Waals surface area contributed by atoms with Gasteiger partial charge in [-0.25, -0.2) is 0 Å². The van der Waals surface area contributed by atoms with E-state index in [1.807, 2.05) is 4.90 Å². The number of rotatable bonds is 1. The molecule has 1 aromatic heterocycles. The summed E-state index contributed by atoms with van der Waals surface area (Å²) in [7, 11) is 0. The molecule has 1 amide bonds. The molecule has 0 aromatic carbocycles. The zero-order valence-electron chi connectivity index (χ0n) is 8.36. The van der Waals surface area contributed by atoms with Crippen molar-refractivity contribution >= 4 is 5.91 Å². The van der Waals surface area contributed by atoms with Crippen LogP contribution < -0.4 is 0 Å². The van der Waals surface area contributed by atoms with Crippen LogP contribution >= 0.6 is 0 Å². The minimum Gasteiger partial charge on any atom is -0.425 e. The highest BCUT2D eigenvalue weighted by molar-refractivity contribution is 5.73. The molecule has 0 saturated carbocycles. The molecule has 0 aliphatic carbocycles. The second kappa shape index (κ2) is 3.40. The van der Waals surface area contributed by atoms with Crippen molar-refractivity contribution in [2.45, 2.75) is 26.2 Å². The molecule has 5 nitrogen and oxygen atoms in total. The van der Waals surface area contributed by atoms with Gasteiger partial charge in [-0.15, -0.1) is 10.2 Å². The van der Waals surface area contributed by atoms with Gasteiger partial charge in [-0.1, -0.05) is 0 Å². The van der Waals surface area contributed by atoms with Crippen LogP contribution in [0.3, 0.4) is 0 Å². The van der Waals surface area contributed by atoms with Gasteiger partial charge in [0, 0.05) is 26.9 Å². The molecule has 1 atom stereocenters. The Kier molecular flexibility index (Phi) is 2.23. The maximum atomic E-state index is 11.1. The maximum absolute atomic E-state index is 11.1. The van der Waals surface area contributed by atoms with E-state index in [0.29, 0.717) is 18.3 Å². The molecule has 0 N–H and O–H groups in total. The minimum absolute atomic E-state index is 0.115. The quantitative estimate of drug-likeness (QED) is 0.662. The summed E-state index contributed by atoms with van der Waals surface area (Å²) in [6.45, 7) is 4.86. The highest BCUT2D eigenvalue weighted by Crippen LogP contribution is 2.25. The topological polar surface area (TPSA) is 59.2 Å². The molecule has 2 heterocycles. The van der Waals surface area contributed by atoms with E-state index < -0.39 is 0 Å². The van der Waals surface area contributed by atoms with Crippen LogP contribution in [0.4, 0.5) is 0 Å². The standard InChI is InChI=1S/C9H13N3O2/c1-6-10-11-9(14-6)8-3-4-12(5-8)7(2)13/h8H,3-5H2,1-2H3/t8-/m0/s1. The van der Waals surface area contributed by atoms with Crippen LogP contribution in [0.15, 0.2) is 4.42 Å². The summed E-state index contributed by atoms with van der Waals surface area (Å²) in [6, 6.07) is 0. The van der Waals surface area contributed by atoms with E-state index in [1.165, 1.54) is 0 Å². The number of likely N-dealkylation sites (tertiary alicyclic amines) is 1. The first-order valence-electron chi connectivity index (χ1n) is 4.72. The summed E-state index contributed by atoms with van der Waals surface area (Å²) < 4.78 is 5.34. The van der Waals surface area contributed by atoms with E-state index in [4.69, 9.17) is 4.42 Å². The van der Waals surface area contributed by atoms with Gasteiger partial charge in [-0.3, -0.25) is 4.79 Å². The molecule has 14 heavy (non-hydrogen) atoms. The van der Waals surface area contributed by atoms with Crippen LogP contribution in [0.25, 0.3) is 0 Å². The Morgan fingerprint density at radius 3 is 2.86 bits per heavy atom. The molecule has 1 aliphatic heterocycles. The lowest BCUT2D eigenvalue weighted by molar-refractivity contribution is -0.127. The second-order valence-electron chi connectivity index (χ2n) is 3.61. The molecule has 76 valence electrons. The number of carbonyl (C=O) groups is 1. The number of nitrogens with zero attached hydrogens (tertiary/aromatic N) is 3. The van der Waals surface area contributed by atoms with E-state index in [9.17, 15) is 4.79 Å². The van der Waals surface area contributed by atoms with E-state index in [1.54, 1.807) is 13.8 Å². The van der Waals surface area contributed by atoms with E-state index in [-0.39, 0.29) is 11.8 Å². The number of hydrogen-bond acceptors (Lipinski definition) is 4. The lowest BCUT2D eigenvalue weighted by Crippen LogP contribution is -2.25. The maximum Gasteiger partial charge on any atom is 0.221 e. The predicted octanol–water partition coefficient (Wildman–Crippen LogP) is 0.714. The van der Waals surface area contributed by atoms with Crippen molar-refractivity contribution in [1.82, 2.24) is 15.1 Å².